The van der Waals surface area contributed by atoms with Crippen molar-refractivity contribution in [3.63, 3.8) is 0 Å². The van der Waals surface area contributed by atoms with Crippen molar-refractivity contribution < 1.29 is 4.42 Å². The molecule has 0 aliphatic heterocycles. The topological polar surface area (TPSA) is 64.7 Å². The van der Waals surface area contributed by atoms with E-state index in [4.69, 9.17) is 24.4 Å². The van der Waals surface area contributed by atoms with E-state index in [0.29, 0.717) is 23.4 Å². The first-order chi connectivity index (χ1) is 26.2. The molecule has 0 fully saturated rings. The Morgan fingerprint density at radius 3 is 1.53 bits per heavy atom. The zero-order valence-electron chi connectivity index (χ0n) is 28.5. The highest BCUT2D eigenvalue weighted by Crippen LogP contribution is 2.39. The quantitative estimate of drug-likeness (QED) is 0.164. The highest BCUT2D eigenvalue weighted by Gasteiger charge is 2.17. The standard InChI is InChI=1S/C48H30N4O/c1-4-14-31(15-5-1)45-50-46(32-16-6-2-7-17-32)52-47(51-45)38-27-36(34-24-25-43-44(30-34)53-48(49-43)33-18-8-3-9-19-33)26-37(28-38)42-29-35-20-10-11-21-39(35)40-22-12-13-23-41(40)42/h1-30H. The van der Waals surface area contributed by atoms with Crippen molar-refractivity contribution in [2.75, 3.05) is 0 Å². The van der Waals surface area contributed by atoms with Crippen LogP contribution in [-0.4, -0.2) is 19.9 Å². The minimum atomic E-state index is 0.595. The summed E-state index contributed by atoms with van der Waals surface area (Å²) in [5.41, 5.74) is 9.42. The van der Waals surface area contributed by atoms with Crippen LogP contribution >= 0.6 is 0 Å². The Bertz CT molecular complexity index is 2880. The maximum absolute atomic E-state index is 6.34. The summed E-state index contributed by atoms with van der Waals surface area (Å²) < 4.78 is 6.34. The molecule has 0 saturated carbocycles. The molecular weight excluding hydrogens is 649 g/mol. The van der Waals surface area contributed by atoms with E-state index in [0.717, 1.165) is 55.6 Å². The third kappa shape index (κ3) is 5.71. The molecule has 2 aromatic heterocycles. The average molecular weight is 679 g/mol. The summed E-state index contributed by atoms with van der Waals surface area (Å²) in [5.74, 6) is 2.43. The summed E-state index contributed by atoms with van der Waals surface area (Å²) in [6.07, 6.45) is 0. The molecule has 5 heteroatoms. The van der Waals surface area contributed by atoms with Crippen molar-refractivity contribution in [1.29, 1.82) is 0 Å². The van der Waals surface area contributed by atoms with Gasteiger partial charge in [0.15, 0.2) is 23.1 Å². The predicted molar refractivity (Wildman–Crippen MR) is 215 cm³/mol. The van der Waals surface area contributed by atoms with Crippen molar-refractivity contribution in [2.45, 2.75) is 0 Å². The third-order valence-electron chi connectivity index (χ3n) is 9.71. The van der Waals surface area contributed by atoms with E-state index < -0.39 is 0 Å². The van der Waals surface area contributed by atoms with Gasteiger partial charge in [0.05, 0.1) is 0 Å². The molecule has 0 aliphatic rings. The van der Waals surface area contributed by atoms with Crippen LogP contribution in [0.25, 0.3) is 101 Å². The highest BCUT2D eigenvalue weighted by molar-refractivity contribution is 6.14. The number of benzene rings is 8. The summed E-state index contributed by atoms with van der Waals surface area (Å²) in [5, 5.41) is 4.80. The molecule has 10 rings (SSSR count). The molecule has 248 valence electrons. The lowest BCUT2D eigenvalue weighted by molar-refractivity contribution is 0.620. The Hall–Kier alpha value is -7.24. The normalized spacial score (nSPS) is 11.4. The van der Waals surface area contributed by atoms with Gasteiger partial charge < -0.3 is 4.42 Å². The van der Waals surface area contributed by atoms with Crippen LogP contribution in [0.4, 0.5) is 0 Å². The van der Waals surface area contributed by atoms with Gasteiger partial charge in [0.1, 0.15) is 5.52 Å². The maximum Gasteiger partial charge on any atom is 0.227 e. The fraction of sp³-hybridized carbons (Fsp3) is 0. The van der Waals surface area contributed by atoms with Crippen LogP contribution in [0.3, 0.4) is 0 Å². The van der Waals surface area contributed by atoms with E-state index >= 15 is 0 Å². The molecule has 8 aromatic carbocycles. The van der Waals surface area contributed by atoms with Crippen LogP contribution in [0.5, 0.6) is 0 Å². The van der Waals surface area contributed by atoms with Crippen molar-refractivity contribution in [2.24, 2.45) is 0 Å². The first-order valence-electron chi connectivity index (χ1n) is 17.6. The van der Waals surface area contributed by atoms with Crippen LogP contribution in [0, 0.1) is 0 Å². The maximum atomic E-state index is 6.34. The summed E-state index contributed by atoms with van der Waals surface area (Å²) in [6, 6.07) is 62.5. The van der Waals surface area contributed by atoms with Gasteiger partial charge in [-0.3, -0.25) is 0 Å². The zero-order chi connectivity index (χ0) is 35.1. The molecule has 0 N–H and O–H groups in total. The lowest BCUT2D eigenvalue weighted by Gasteiger charge is -2.15. The van der Waals surface area contributed by atoms with Crippen LogP contribution in [0.15, 0.2) is 186 Å². The number of nitrogens with zero attached hydrogens (tertiary/aromatic N) is 4. The second-order valence-electron chi connectivity index (χ2n) is 13.1. The van der Waals surface area contributed by atoms with E-state index in [9.17, 15) is 0 Å². The van der Waals surface area contributed by atoms with Gasteiger partial charge >= 0.3 is 0 Å². The van der Waals surface area contributed by atoms with Gasteiger partial charge in [-0.15, -0.1) is 0 Å². The van der Waals surface area contributed by atoms with Gasteiger partial charge in [-0.1, -0.05) is 133 Å². The molecule has 10 aromatic rings. The van der Waals surface area contributed by atoms with Crippen LogP contribution in [-0.2, 0) is 0 Å². The van der Waals surface area contributed by atoms with Crippen molar-refractivity contribution in [3.8, 4) is 67.9 Å². The highest BCUT2D eigenvalue weighted by atomic mass is 16.3. The summed E-state index contributed by atoms with van der Waals surface area (Å²) >= 11 is 0. The Kier molecular flexibility index (Phi) is 7.40. The largest absolute Gasteiger partial charge is 0.436 e. The number of hydrogen-bond donors (Lipinski definition) is 0. The lowest BCUT2D eigenvalue weighted by atomic mass is 9.90. The van der Waals surface area contributed by atoms with Gasteiger partial charge in [0.2, 0.25) is 5.89 Å². The van der Waals surface area contributed by atoms with Crippen molar-refractivity contribution in [3.05, 3.63) is 182 Å². The van der Waals surface area contributed by atoms with E-state index in [1.54, 1.807) is 0 Å². The molecule has 53 heavy (non-hydrogen) atoms. The molecule has 0 amide bonds. The molecule has 2 heterocycles. The van der Waals surface area contributed by atoms with Crippen molar-refractivity contribution in [1.82, 2.24) is 19.9 Å². The number of hydrogen-bond acceptors (Lipinski definition) is 5. The smallest absolute Gasteiger partial charge is 0.227 e. The average Bonchev–Trinajstić information content (AvgIpc) is 3.68. The van der Waals surface area contributed by atoms with Crippen LogP contribution in [0.2, 0.25) is 0 Å². The molecule has 5 nitrogen and oxygen atoms in total. The molecule has 0 radical (unpaired) electrons. The first-order valence-corrected chi connectivity index (χ1v) is 17.6. The molecule has 0 unspecified atom stereocenters. The Morgan fingerprint density at radius 2 is 0.849 bits per heavy atom. The van der Waals surface area contributed by atoms with Gasteiger partial charge in [-0.2, -0.15) is 0 Å². The number of aromatic nitrogens is 4. The van der Waals surface area contributed by atoms with E-state index in [1.165, 1.54) is 21.5 Å². The fourth-order valence-corrected chi connectivity index (χ4v) is 7.12. The Balaban J connectivity index is 1.22. The number of rotatable bonds is 6. The van der Waals surface area contributed by atoms with Gasteiger partial charge in [-0.25, -0.2) is 19.9 Å². The SMILES string of the molecule is c1ccc(-c2nc(-c3ccccc3)nc(-c3cc(-c4ccc5nc(-c6ccccc6)oc5c4)cc(-c4cc5ccccc5c5ccccc45)c3)n2)cc1. The number of oxazole rings is 1. The van der Waals surface area contributed by atoms with E-state index in [-0.39, 0.29) is 0 Å². The fourth-order valence-electron chi connectivity index (χ4n) is 7.12. The predicted octanol–water partition coefficient (Wildman–Crippen LogP) is 12.3. The summed E-state index contributed by atoms with van der Waals surface area (Å²) in [4.78, 5) is 20.0. The third-order valence-corrected chi connectivity index (χ3v) is 9.71. The monoisotopic (exact) mass is 678 g/mol. The minimum Gasteiger partial charge on any atom is -0.436 e. The first kappa shape index (κ1) is 30.6. The molecule has 0 spiro atoms. The minimum absolute atomic E-state index is 0.595. The second-order valence-corrected chi connectivity index (χ2v) is 13.1. The van der Waals surface area contributed by atoms with E-state index in [1.807, 2.05) is 97.1 Å². The molecular formula is C48H30N4O. The molecule has 0 atom stereocenters. The molecule has 0 aliphatic carbocycles. The van der Waals surface area contributed by atoms with Crippen LogP contribution in [0.1, 0.15) is 0 Å². The lowest BCUT2D eigenvalue weighted by Crippen LogP contribution is -2.00. The van der Waals surface area contributed by atoms with Crippen molar-refractivity contribution >= 4 is 32.6 Å². The molecule has 0 saturated heterocycles. The van der Waals surface area contributed by atoms with E-state index in [2.05, 4.69) is 84.9 Å². The summed E-state index contributed by atoms with van der Waals surface area (Å²) in [7, 11) is 0. The Labute approximate surface area is 305 Å². The van der Waals surface area contributed by atoms with Gasteiger partial charge in [0, 0.05) is 22.3 Å². The molecule has 0 bridgehead atoms. The summed E-state index contributed by atoms with van der Waals surface area (Å²) in [6.45, 7) is 0. The zero-order valence-corrected chi connectivity index (χ0v) is 28.5. The second kappa shape index (κ2) is 12.8. The van der Waals surface area contributed by atoms with Crippen LogP contribution < -0.4 is 0 Å². The number of fused-ring (bicyclic) bond motifs is 4. The van der Waals surface area contributed by atoms with Gasteiger partial charge in [-0.05, 0) is 92.3 Å². The van der Waals surface area contributed by atoms with Gasteiger partial charge in [0.25, 0.3) is 0 Å². The Morgan fingerprint density at radius 1 is 0.321 bits per heavy atom.